The van der Waals surface area contributed by atoms with Crippen LogP contribution in [0.4, 0.5) is 4.39 Å². The highest BCUT2D eigenvalue weighted by Gasteiger charge is 2.62. The van der Waals surface area contributed by atoms with Gasteiger partial charge >= 0.3 is 5.97 Å². The van der Waals surface area contributed by atoms with Crippen LogP contribution in [0.1, 0.15) is 45.6 Å². The summed E-state index contributed by atoms with van der Waals surface area (Å²) in [5.41, 5.74) is 0.605. The third-order valence-electron chi connectivity index (χ3n) is 6.65. The van der Waals surface area contributed by atoms with Crippen LogP contribution < -0.4 is 4.74 Å². The van der Waals surface area contributed by atoms with Crippen molar-refractivity contribution in [2.45, 2.75) is 46.1 Å². The lowest BCUT2D eigenvalue weighted by atomic mass is 9.70. The maximum atomic E-state index is 13.6. The zero-order valence-corrected chi connectivity index (χ0v) is 15.1. The van der Waals surface area contributed by atoms with Crippen LogP contribution in [-0.4, -0.2) is 24.3 Å². The molecule has 3 atom stereocenters. The standard InChI is InChI=1S/C20H25FO4/c1-19(2)13-7-8-20(19,3)16(11-13)25-17(22)6-5-12-9-14(21)18(23)15(10-12)24-4/h5-6,9-10,13,16,23H,7-8,11H2,1-4H3/b6-5+/t13-,16+,20+/m1/s1. The van der Waals surface area contributed by atoms with Crippen molar-refractivity contribution in [1.29, 1.82) is 0 Å². The maximum Gasteiger partial charge on any atom is 0.331 e. The van der Waals surface area contributed by atoms with Gasteiger partial charge in [0.1, 0.15) is 6.10 Å². The zero-order chi connectivity index (χ0) is 18.4. The molecule has 2 aliphatic carbocycles. The number of ether oxygens (including phenoxy) is 2. The number of carbonyl (C=O) groups is 1. The molecular weight excluding hydrogens is 323 g/mol. The molecule has 0 heterocycles. The number of rotatable bonds is 4. The minimum absolute atomic E-state index is 0.00896. The number of hydrogen-bond donors (Lipinski definition) is 1. The Labute approximate surface area is 147 Å². The molecule has 0 unspecified atom stereocenters. The second-order valence-corrected chi connectivity index (χ2v) is 7.92. The van der Waals surface area contributed by atoms with Crippen LogP contribution in [-0.2, 0) is 9.53 Å². The Morgan fingerprint density at radius 2 is 2.08 bits per heavy atom. The van der Waals surface area contributed by atoms with Crippen LogP contribution in [0.3, 0.4) is 0 Å². The number of phenols is 1. The molecule has 0 radical (unpaired) electrons. The highest BCUT2D eigenvalue weighted by molar-refractivity contribution is 5.87. The van der Waals surface area contributed by atoms with E-state index in [4.69, 9.17) is 9.47 Å². The summed E-state index contributed by atoms with van der Waals surface area (Å²) in [6.45, 7) is 6.74. The smallest absolute Gasteiger partial charge is 0.331 e. The van der Waals surface area contributed by atoms with E-state index in [-0.39, 0.29) is 22.7 Å². The van der Waals surface area contributed by atoms with Gasteiger partial charge in [-0.1, -0.05) is 20.8 Å². The molecule has 25 heavy (non-hydrogen) atoms. The Hall–Kier alpha value is -2.04. The number of benzene rings is 1. The lowest BCUT2D eigenvalue weighted by molar-refractivity contribution is -0.150. The first kappa shape index (κ1) is 17.8. The second kappa shape index (κ2) is 6.04. The van der Waals surface area contributed by atoms with Crippen LogP contribution in [0.2, 0.25) is 0 Å². The summed E-state index contributed by atoms with van der Waals surface area (Å²) in [5, 5.41) is 9.51. The molecule has 3 rings (SSSR count). The predicted molar refractivity (Wildman–Crippen MR) is 92.8 cm³/mol. The number of carbonyl (C=O) groups excluding carboxylic acids is 1. The van der Waals surface area contributed by atoms with Gasteiger partial charge in [-0.3, -0.25) is 0 Å². The van der Waals surface area contributed by atoms with Crippen molar-refractivity contribution < 1.29 is 23.8 Å². The summed E-state index contributed by atoms with van der Waals surface area (Å²) >= 11 is 0. The predicted octanol–water partition coefficient (Wildman–Crippen LogP) is 4.31. The zero-order valence-electron chi connectivity index (χ0n) is 15.1. The molecule has 0 saturated heterocycles. The van der Waals surface area contributed by atoms with Crippen LogP contribution in [0.5, 0.6) is 11.5 Å². The van der Waals surface area contributed by atoms with E-state index in [9.17, 15) is 14.3 Å². The van der Waals surface area contributed by atoms with E-state index in [0.29, 0.717) is 11.5 Å². The molecule has 2 aliphatic rings. The highest BCUT2D eigenvalue weighted by atomic mass is 19.1. The molecule has 136 valence electrons. The number of phenolic OH excluding ortho intramolecular Hbond substituents is 1. The van der Waals surface area contributed by atoms with Gasteiger partial charge in [-0.05, 0) is 54.4 Å². The Kier molecular flexibility index (Phi) is 4.30. The normalized spacial score (nSPS) is 30.0. The van der Waals surface area contributed by atoms with Crippen molar-refractivity contribution in [3.05, 3.63) is 29.6 Å². The van der Waals surface area contributed by atoms with Gasteiger partial charge in [0, 0.05) is 11.5 Å². The topological polar surface area (TPSA) is 55.8 Å². The third kappa shape index (κ3) is 2.79. The van der Waals surface area contributed by atoms with Gasteiger partial charge in [0.2, 0.25) is 0 Å². The fraction of sp³-hybridized carbons (Fsp3) is 0.550. The van der Waals surface area contributed by atoms with E-state index in [0.717, 1.165) is 18.9 Å². The lowest BCUT2D eigenvalue weighted by Crippen LogP contribution is -2.38. The number of esters is 1. The van der Waals surface area contributed by atoms with Crippen molar-refractivity contribution in [1.82, 2.24) is 0 Å². The van der Waals surface area contributed by atoms with Crippen LogP contribution >= 0.6 is 0 Å². The van der Waals surface area contributed by atoms with Gasteiger partial charge in [-0.15, -0.1) is 0 Å². The van der Waals surface area contributed by atoms with Gasteiger partial charge in [0.25, 0.3) is 0 Å². The summed E-state index contributed by atoms with van der Waals surface area (Å²) in [6, 6.07) is 2.60. The fourth-order valence-electron chi connectivity index (χ4n) is 4.50. The van der Waals surface area contributed by atoms with E-state index in [1.54, 1.807) is 0 Å². The molecule has 2 fully saturated rings. The van der Waals surface area contributed by atoms with Gasteiger partial charge < -0.3 is 14.6 Å². The second-order valence-electron chi connectivity index (χ2n) is 7.92. The van der Waals surface area contributed by atoms with Crippen molar-refractivity contribution in [2.75, 3.05) is 7.11 Å². The Bertz CT molecular complexity index is 725. The first-order valence-electron chi connectivity index (χ1n) is 8.64. The Morgan fingerprint density at radius 1 is 1.36 bits per heavy atom. The minimum atomic E-state index is -0.797. The number of halogens is 1. The van der Waals surface area contributed by atoms with Crippen molar-refractivity contribution >= 4 is 12.0 Å². The average molecular weight is 348 g/mol. The van der Waals surface area contributed by atoms with Crippen LogP contribution in [0.15, 0.2) is 18.2 Å². The molecule has 0 aromatic heterocycles. The lowest BCUT2D eigenvalue weighted by Gasteiger charge is -2.38. The minimum Gasteiger partial charge on any atom is -0.502 e. The maximum absolute atomic E-state index is 13.6. The number of fused-ring (bicyclic) bond motifs is 2. The molecule has 0 aliphatic heterocycles. The number of aromatic hydroxyl groups is 1. The first-order valence-corrected chi connectivity index (χ1v) is 8.64. The summed E-state index contributed by atoms with van der Waals surface area (Å²) < 4.78 is 24.3. The third-order valence-corrected chi connectivity index (χ3v) is 6.65. The van der Waals surface area contributed by atoms with Crippen LogP contribution in [0, 0.1) is 22.6 Å². The molecule has 5 heteroatoms. The molecule has 2 saturated carbocycles. The number of hydrogen-bond acceptors (Lipinski definition) is 4. The SMILES string of the molecule is COc1cc(/C=C/C(=O)O[C@H]2C[C@H]3CC[C@]2(C)C3(C)C)cc(F)c1O. The molecule has 1 aromatic carbocycles. The molecule has 1 aromatic rings. The van der Waals surface area contributed by atoms with Gasteiger partial charge in [-0.2, -0.15) is 0 Å². The van der Waals surface area contributed by atoms with E-state index in [2.05, 4.69) is 20.8 Å². The van der Waals surface area contributed by atoms with Gasteiger partial charge in [-0.25, -0.2) is 9.18 Å². The summed E-state index contributed by atoms with van der Waals surface area (Å²) in [4.78, 5) is 12.2. The largest absolute Gasteiger partial charge is 0.502 e. The molecule has 0 amide bonds. The average Bonchev–Trinajstić information content (AvgIpc) is 2.89. The molecular formula is C20H25FO4. The van der Waals surface area contributed by atoms with E-state index in [1.807, 2.05) is 0 Å². The monoisotopic (exact) mass is 348 g/mol. The Balaban J connectivity index is 1.70. The highest BCUT2D eigenvalue weighted by Crippen LogP contribution is 2.66. The van der Waals surface area contributed by atoms with E-state index >= 15 is 0 Å². The number of methoxy groups -OCH3 is 1. The molecule has 0 spiro atoms. The summed E-state index contributed by atoms with van der Waals surface area (Å²) in [6.07, 6.45) is 5.86. The van der Waals surface area contributed by atoms with Gasteiger partial charge in [0.15, 0.2) is 17.3 Å². The molecule has 4 nitrogen and oxygen atoms in total. The molecule has 1 N–H and O–H groups in total. The van der Waals surface area contributed by atoms with E-state index in [1.165, 1.54) is 31.7 Å². The first-order chi connectivity index (χ1) is 11.7. The van der Waals surface area contributed by atoms with Crippen molar-refractivity contribution in [2.24, 2.45) is 16.7 Å². The summed E-state index contributed by atoms with van der Waals surface area (Å²) in [5.74, 6) is -1.15. The quantitative estimate of drug-likeness (QED) is 0.651. The Morgan fingerprint density at radius 3 is 2.64 bits per heavy atom. The van der Waals surface area contributed by atoms with Gasteiger partial charge in [0.05, 0.1) is 7.11 Å². The molecule has 2 bridgehead atoms. The van der Waals surface area contributed by atoms with E-state index < -0.39 is 17.5 Å². The van der Waals surface area contributed by atoms with Crippen molar-refractivity contribution in [3.8, 4) is 11.5 Å². The fourth-order valence-corrected chi connectivity index (χ4v) is 4.50. The summed E-state index contributed by atoms with van der Waals surface area (Å²) in [7, 11) is 1.34. The van der Waals surface area contributed by atoms with Crippen molar-refractivity contribution in [3.63, 3.8) is 0 Å². The van der Waals surface area contributed by atoms with Crippen LogP contribution in [0.25, 0.3) is 6.08 Å².